The summed E-state index contributed by atoms with van der Waals surface area (Å²) in [7, 11) is -1.37. The first-order valence-corrected chi connectivity index (χ1v) is 23.5. The third-order valence-corrected chi connectivity index (χ3v) is 12.9. The monoisotopic (exact) mass is 926 g/mol. The van der Waals surface area contributed by atoms with Gasteiger partial charge >= 0.3 is 0 Å². The minimum Gasteiger partial charge on any atom is -0.486 e. The van der Waals surface area contributed by atoms with E-state index in [-0.39, 0.29) is 20.1 Å². The molecule has 1 fully saturated rings. The van der Waals surface area contributed by atoms with E-state index in [0.717, 1.165) is 80.3 Å². The van der Waals surface area contributed by atoms with Crippen LogP contribution < -0.4 is 5.19 Å². The molecule has 0 spiro atoms. The molecular weight excluding hydrogens is 871 g/mol. The first-order valence-electron chi connectivity index (χ1n) is 20.0. The second-order valence-corrected chi connectivity index (χ2v) is 21.9. The van der Waals surface area contributed by atoms with Crippen LogP contribution in [0.1, 0.15) is 101 Å². The minimum absolute atomic E-state index is 0. The van der Waals surface area contributed by atoms with Crippen LogP contribution in [0.4, 0.5) is 0 Å². The molecule has 1 aliphatic rings. The Morgan fingerprint density at radius 2 is 1.69 bits per heavy atom. The van der Waals surface area contributed by atoms with Crippen LogP contribution in [0, 0.1) is 25.0 Å². The van der Waals surface area contributed by atoms with Crippen LogP contribution in [0.5, 0.6) is 0 Å². The molecule has 7 aromatic rings. The average Bonchev–Trinajstić information content (AvgIpc) is 3.72. The van der Waals surface area contributed by atoms with Crippen molar-refractivity contribution in [2.24, 2.45) is 5.92 Å². The van der Waals surface area contributed by atoms with Crippen LogP contribution in [-0.2, 0) is 33.1 Å². The van der Waals surface area contributed by atoms with Crippen LogP contribution >= 0.6 is 0 Å². The Morgan fingerprint density at radius 1 is 0.909 bits per heavy atom. The van der Waals surface area contributed by atoms with Crippen molar-refractivity contribution < 1.29 is 24.5 Å². The largest absolute Gasteiger partial charge is 0.486 e. The zero-order valence-electron chi connectivity index (χ0n) is 34.0. The van der Waals surface area contributed by atoms with E-state index in [9.17, 15) is 0 Å². The van der Waals surface area contributed by atoms with Gasteiger partial charge in [-0.25, -0.2) is 4.98 Å². The third kappa shape index (κ3) is 8.57. The summed E-state index contributed by atoms with van der Waals surface area (Å²) in [5.74, 6) is 2.58. The number of rotatable bonds is 8. The fourth-order valence-electron chi connectivity index (χ4n) is 8.12. The molecule has 1 radical (unpaired) electrons. The van der Waals surface area contributed by atoms with E-state index < -0.39 is 8.07 Å². The summed E-state index contributed by atoms with van der Waals surface area (Å²) in [6.45, 7) is 21.1. The van der Waals surface area contributed by atoms with E-state index in [4.69, 9.17) is 14.4 Å². The Kier molecular flexibility index (Phi) is 12.6. The summed E-state index contributed by atoms with van der Waals surface area (Å²) in [5, 5.41) is 3.56. The van der Waals surface area contributed by atoms with E-state index in [1.165, 1.54) is 48.4 Å². The van der Waals surface area contributed by atoms with E-state index in [0.29, 0.717) is 17.5 Å². The van der Waals surface area contributed by atoms with Gasteiger partial charge < -0.3 is 14.0 Å². The fraction of sp³-hybridized carbons (Fsp3) is 0.404. The molecule has 8 heteroatoms. The Hall–Kier alpha value is -3.97. The molecule has 0 aliphatic heterocycles. The van der Waals surface area contributed by atoms with Crippen LogP contribution in [-0.4, -0.2) is 32.6 Å². The maximum atomic E-state index is 6.18. The Balaban J connectivity index is 0.000000184. The maximum absolute atomic E-state index is 6.18. The summed E-state index contributed by atoms with van der Waals surface area (Å²) in [4.78, 5) is 19.0. The molecule has 2 aromatic carbocycles. The molecule has 0 saturated heterocycles. The predicted molar refractivity (Wildman–Crippen MR) is 227 cm³/mol. The molecule has 5 aromatic heterocycles. The number of pyridine rings is 3. The van der Waals surface area contributed by atoms with Gasteiger partial charge in [0.1, 0.15) is 0 Å². The van der Waals surface area contributed by atoms with Crippen molar-refractivity contribution in [3.8, 4) is 22.6 Å². The number of hydrogen-bond donors (Lipinski definition) is 0. The summed E-state index contributed by atoms with van der Waals surface area (Å²) < 4.78 is 8.40. The van der Waals surface area contributed by atoms with Gasteiger partial charge in [0.2, 0.25) is 5.71 Å². The molecule has 1 saturated carbocycles. The minimum atomic E-state index is -1.37. The molecule has 0 amide bonds. The van der Waals surface area contributed by atoms with E-state index in [1.54, 1.807) is 0 Å². The number of benzene rings is 2. The molecule has 0 N–H and O–H groups in total. The van der Waals surface area contributed by atoms with Gasteiger partial charge in [0, 0.05) is 50.1 Å². The molecule has 1 aliphatic carbocycles. The van der Waals surface area contributed by atoms with Crippen LogP contribution in [0.15, 0.2) is 71.4 Å². The standard InChI is InChI=1S/C24H34NSi.C23H21N4O.Ir/c1-18(2)15-22-16-23(25-17-24(22)26(3,4)5)21-13-11-20(12-14-21)19-9-7-6-8-10-19;1-5-27-20-18(11-12-24-19(20)13(2)3)26-22(27)17-8-6-7-15-16-10-9-14(4)25-23(16)28-21(15)17;/h11-13,16-19H,6-10,15H2,1-5H3;6-7,9-13H,5H2,1-4H3;/q2*-1;. The number of nitrogens with zero attached hydrogens (tertiary/aromatic N) is 5. The molecule has 55 heavy (non-hydrogen) atoms. The van der Waals surface area contributed by atoms with Gasteiger partial charge in [-0.05, 0) is 61.2 Å². The zero-order valence-corrected chi connectivity index (χ0v) is 37.4. The topological polar surface area (TPSA) is 69.6 Å². The van der Waals surface area contributed by atoms with Crippen LogP contribution in [0.25, 0.3) is 55.7 Å². The van der Waals surface area contributed by atoms with Crippen molar-refractivity contribution in [1.82, 2.24) is 24.5 Å². The van der Waals surface area contributed by atoms with Gasteiger partial charge in [-0.1, -0.05) is 108 Å². The average molecular weight is 926 g/mol. The predicted octanol–water partition coefficient (Wildman–Crippen LogP) is 12.0. The van der Waals surface area contributed by atoms with Gasteiger partial charge in [-0.15, -0.1) is 53.6 Å². The Bertz CT molecular complexity index is 2400. The number of imidazole rings is 1. The molecule has 5 heterocycles. The first-order chi connectivity index (χ1) is 25.9. The van der Waals surface area contributed by atoms with Crippen molar-refractivity contribution in [3.63, 3.8) is 0 Å². The molecule has 289 valence electrons. The second kappa shape index (κ2) is 17.0. The maximum Gasteiger partial charge on any atom is 0.216 e. The van der Waals surface area contributed by atoms with E-state index >= 15 is 0 Å². The van der Waals surface area contributed by atoms with Gasteiger partial charge in [-0.3, -0.25) is 9.97 Å². The summed E-state index contributed by atoms with van der Waals surface area (Å²) in [6.07, 6.45) is 12.0. The Morgan fingerprint density at radius 3 is 2.36 bits per heavy atom. The van der Waals surface area contributed by atoms with Gasteiger partial charge in [-0.2, -0.15) is 0 Å². The fourth-order valence-corrected chi connectivity index (χ4v) is 9.71. The molecule has 6 nitrogen and oxygen atoms in total. The summed E-state index contributed by atoms with van der Waals surface area (Å²) >= 11 is 0. The number of aryl methyl sites for hydroxylation is 2. The Labute approximate surface area is 342 Å². The van der Waals surface area contributed by atoms with Crippen LogP contribution in [0.2, 0.25) is 19.6 Å². The van der Waals surface area contributed by atoms with E-state index in [2.05, 4.69) is 117 Å². The molecule has 0 bridgehead atoms. The smallest absolute Gasteiger partial charge is 0.216 e. The number of fused-ring (bicyclic) bond motifs is 4. The first kappa shape index (κ1) is 40.7. The van der Waals surface area contributed by atoms with E-state index in [1.807, 2.05) is 37.4 Å². The summed E-state index contributed by atoms with van der Waals surface area (Å²) in [5.41, 5.74) is 11.5. The van der Waals surface area contributed by atoms with Crippen LogP contribution in [0.3, 0.4) is 0 Å². The molecule has 0 atom stereocenters. The normalized spacial score (nSPS) is 13.8. The number of furan rings is 1. The summed E-state index contributed by atoms with van der Waals surface area (Å²) in [6, 6.07) is 26.0. The molecule has 8 rings (SSSR count). The SMILES string of the molecule is CC(C)Cc1cc(-c2[c-]cc(C3CCCCC3)cc2)ncc1[Si](C)(C)C.CCn1c(-c2[c-]ccc3c2oc2nc(C)ccc23)nc2ccnc(C(C)C)c21.[Ir]. The van der Waals surface area contributed by atoms with Crippen molar-refractivity contribution in [2.45, 2.75) is 118 Å². The van der Waals surface area contributed by atoms with Crippen molar-refractivity contribution in [3.05, 3.63) is 102 Å². The van der Waals surface area contributed by atoms with Gasteiger partial charge in [0.15, 0.2) is 0 Å². The second-order valence-electron chi connectivity index (χ2n) is 16.8. The quantitative estimate of drug-likeness (QED) is 0.112. The molecular formula is C47H55IrN5OSi-2. The zero-order chi connectivity index (χ0) is 38.1. The number of aromatic nitrogens is 5. The van der Waals surface area contributed by atoms with Crippen molar-refractivity contribution >= 4 is 46.4 Å². The third-order valence-electron chi connectivity index (χ3n) is 10.8. The van der Waals surface area contributed by atoms with Gasteiger partial charge in [0.25, 0.3) is 0 Å². The molecule has 0 unspecified atom stereocenters. The van der Waals surface area contributed by atoms with Gasteiger partial charge in [0.05, 0.1) is 36.2 Å². The number of hydrogen-bond acceptors (Lipinski definition) is 5. The van der Waals surface area contributed by atoms with Crippen molar-refractivity contribution in [1.29, 1.82) is 0 Å². The van der Waals surface area contributed by atoms with Crippen molar-refractivity contribution in [2.75, 3.05) is 0 Å².